The van der Waals surface area contributed by atoms with Gasteiger partial charge in [-0.2, -0.15) is 0 Å². The summed E-state index contributed by atoms with van der Waals surface area (Å²) in [5.74, 6) is -9.82. The zero-order chi connectivity index (χ0) is 40.1. The minimum Gasteiger partial charge on any atom is -0.463 e. The maximum Gasteiger partial charge on any atom is 0.349 e. The molecule has 0 amide bonds. The molecule has 0 aliphatic carbocycles. The second kappa shape index (κ2) is 23.0. The maximum absolute atomic E-state index is 12.7. The Bertz CT molecular complexity index is 1510. The number of para-hydroxylation sites is 1. The van der Waals surface area contributed by atoms with Gasteiger partial charge in [0.05, 0.1) is 13.2 Å². The molecule has 1 aromatic rings. The molecule has 24 heteroatoms. The van der Waals surface area contributed by atoms with E-state index in [9.17, 15) is 58.6 Å². The number of hydrogen-bond donors (Lipinski definition) is 0. The van der Waals surface area contributed by atoms with Crippen molar-refractivity contribution in [3.63, 3.8) is 0 Å². The highest BCUT2D eigenvalue weighted by atomic mass is 17.0. The van der Waals surface area contributed by atoms with Crippen LogP contribution in [-0.4, -0.2) is 115 Å². The molecule has 0 heterocycles. The number of ether oxygens (including phenoxy) is 8. The molecule has 0 spiro atoms. The van der Waals surface area contributed by atoms with Crippen LogP contribution in [0.25, 0.3) is 0 Å². The van der Waals surface area contributed by atoms with Crippen LogP contribution in [0.15, 0.2) is 24.3 Å². The van der Waals surface area contributed by atoms with Crippen molar-refractivity contribution in [1.82, 2.24) is 0 Å². The Hall–Kier alpha value is -6.62. The predicted octanol–water partition coefficient (Wildman–Crippen LogP) is -0.241. The zero-order valence-corrected chi connectivity index (χ0v) is 28.4. The third-order valence-corrected chi connectivity index (χ3v) is 5.79. The van der Waals surface area contributed by atoms with E-state index in [0.717, 1.165) is 39.8 Å². The molecule has 0 bridgehead atoms. The van der Waals surface area contributed by atoms with E-state index in [1.807, 2.05) is 0 Å². The van der Waals surface area contributed by atoms with Gasteiger partial charge in [-0.05, 0) is 52.7 Å². The molecular weight excluding hydrogens is 728 g/mol. The SMILES string of the molecule is CC(OC(=O)c1ccccc1OC(=O)COC(=O)CO[N+](=O)[O-])C(=O)OC(C)C(=O)OC(C)C(=O)OC(C)C(=O)OCC(=O)OCCCCO[N+](=O)[O-]. The average Bonchev–Trinajstić information content (AvgIpc) is 3.09. The number of benzene rings is 1. The van der Waals surface area contributed by atoms with Crippen molar-refractivity contribution in [1.29, 1.82) is 0 Å². The summed E-state index contributed by atoms with van der Waals surface area (Å²) in [6, 6.07) is 5.02. The molecule has 0 fully saturated rings. The number of hydrogen-bond acceptors (Lipinski definition) is 22. The minimum atomic E-state index is -1.65. The van der Waals surface area contributed by atoms with Crippen LogP contribution in [0.5, 0.6) is 5.75 Å². The van der Waals surface area contributed by atoms with Gasteiger partial charge >= 0.3 is 47.8 Å². The quantitative estimate of drug-likeness (QED) is 0.0347. The molecule has 24 nitrogen and oxygen atoms in total. The van der Waals surface area contributed by atoms with E-state index < -0.39 is 102 Å². The lowest BCUT2D eigenvalue weighted by Crippen LogP contribution is -2.37. The van der Waals surface area contributed by atoms with Gasteiger partial charge in [0, 0.05) is 0 Å². The Kier molecular flexibility index (Phi) is 19.2. The molecule has 0 saturated carbocycles. The first-order chi connectivity index (χ1) is 24.9. The smallest absolute Gasteiger partial charge is 0.349 e. The summed E-state index contributed by atoms with van der Waals surface area (Å²) in [6.07, 6.45) is -6.03. The van der Waals surface area contributed by atoms with E-state index >= 15 is 0 Å². The third-order valence-electron chi connectivity index (χ3n) is 5.79. The highest BCUT2D eigenvalue weighted by Crippen LogP contribution is 2.20. The van der Waals surface area contributed by atoms with Gasteiger partial charge in [-0.1, -0.05) is 12.1 Å². The molecule has 0 aliphatic rings. The van der Waals surface area contributed by atoms with Crippen LogP contribution in [0.1, 0.15) is 50.9 Å². The Labute approximate surface area is 297 Å². The number of nitrogens with zero attached hydrogens (tertiary/aromatic N) is 2. The first kappa shape index (κ1) is 44.4. The van der Waals surface area contributed by atoms with Crippen LogP contribution in [-0.2, 0) is 76.4 Å². The Morgan fingerprint density at radius 1 is 0.566 bits per heavy atom. The molecule has 1 rings (SSSR count). The molecule has 0 N–H and O–H groups in total. The Balaban J connectivity index is 2.53. The topological polar surface area (TPSA) is 315 Å². The fourth-order valence-corrected chi connectivity index (χ4v) is 3.21. The van der Waals surface area contributed by atoms with E-state index in [2.05, 4.69) is 19.1 Å². The molecule has 0 radical (unpaired) electrons. The van der Waals surface area contributed by atoms with Gasteiger partial charge in [0.2, 0.25) is 0 Å². The van der Waals surface area contributed by atoms with Crippen LogP contribution in [0, 0.1) is 20.2 Å². The van der Waals surface area contributed by atoms with Gasteiger partial charge in [0.25, 0.3) is 10.2 Å². The van der Waals surface area contributed by atoms with E-state index in [1.165, 1.54) is 12.1 Å². The van der Waals surface area contributed by atoms with Crippen molar-refractivity contribution in [2.75, 3.05) is 33.0 Å². The predicted molar refractivity (Wildman–Crippen MR) is 162 cm³/mol. The molecule has 292 valence electrons. The normalized spacial score (nSPS) is 12.5. The first-order valence-electron chi connectivity index (χ1n) is 15.1. The fraction of sp³-hybridized carbons (Fsp3) is 0.517. The van der Waals surface area contributed by atoms with Crippen LogP contribution in [0.4, 0.5) is 0 Å². The summed E-state index contributed by atoms with van der Waals surface area (Å²) in [5.41, 5.74) is -0.364. The highest BCUT2D eigenvalue weighted by Gasteiger charge is 2.31. The summed E-state index contributed by atoms with van der Waals surface area (Å²) in [5, 5.41) is 17.9. The van der Waals surface area contributed by atoms with Crippen molar-refractivity contribution < 1.29 is 96.1 Å². The molecule has 0 aliphatic heterocycles. The monoisotopic (exact) mass is 762 g/mol. The lowest BCUT2D eigenvalue weighted by atomic mass is 10.2. The van der Waals surface area contributed by atoms with Gasteiger partial charge in [-0.25, -0.2) is 38.4 Å². The van der Waals surface area contributed by atoms with Crippen molar-refractivity contribution in [2.45, 2.75) is 65.0 Å². The summed E-state index contributed by atoms with van der Waals surface area (Å²) in [6.45, 7) is 1.07. The van der Waals surface area contributed by atoms with Gasteiger partial charge in [0.15, 0.2) is 44.2 Å². The lowest BCUT2D eigenvalue weighted by Gasteiger charge is -2.19. The van der Waals surface area contributed by atoms with Gasteiger partial charge in [-0.3, -0.25) is 0 Å². The van der Waals surface area contributed by atoms with E-state index in [0.29, 0.717) is 0 Å². The third kappa shape index (κ3) is 18.3. The average molecular weight is 763 g/mol. The fourth-order valence-electron chi connectivity index (χ4n) is 3.21. The number of carbonyl (C=O) groups excluding carboxylic acids is 8. The maximum atomic E-state index is 12.7. The zero-order valence-electron chi connectivity index (χ0n) is 28.4. The number of esters is 8. The molecule has 53 heavy (non-hydrogen) atoms. The van der Waals surface area contributed by atoms with E-state index in [1.54, 1.807) is 0 Å². The summed E-state index contributed by atoms with van der Waals surface area (Å²) >= 11 is 0. The number of rotatable bonds is 23. The van der Waals surface area contributed by atoms with Crippen LogP contribution < -0.4 is 4.74 Å². The second-order valence-electron chi connectivity index (χ2n) is 10.0. The lowest BCUT2D eigenvalue weighted by molar-refractivity contribution is -0.757. The summed E-state index contributed by atoms with van der Waals surface area (Å²) in [7, 11) is 0. The van der Waals surface area contributed by atoms with Gasteiger partial charge in [0.1, 0.15) is 11.3 Å². The molecule has 4 atom stereocenters. The molecular formula is C29H34N2O22. The summed E-state index contributed by atoms with van der Waals surface area (Å²) in [4.78, 5) is 125. The highest BCUT2D eigenvalue weighted by molar-refractivity contribution is 5.95. The van der Waals surface area contributed by atoms with E-state index in [4.69, 9.17) is 28.4 Å². The van der Waals surface area contributed by atoms with Crippen molar-refractivity contribution in [3.05, 3.63) is 50.1 Å². The first-order valence-corrected chi connectivity index (χ1v) is 15.1. The van der Waals surface area contributed by atoms with E-state index in [-0.39, 0.29) is 37.4 Å². The minimum absolute atomic E-state index is 0.130. The standard InChI is InChI=1S/C29H34N2O22/c1-16(25(35)46-13-22(32)44-11-7-8-12-47-30(40)41)49-26(36)17(2)50-27(37)18(3)51-28(38)19(4)52-29(39)20-9-5-6-10-21(20)53-24(34)14-45-23(33)15-48-31(42)43/h5-6,9-10,16-19H,7-8,11-15H2,1-4H3. The van der Waals surface area contributed by atoms with Gasteiger partial charge < -0.3 is 47.6 Å². The Morgan fingerprint density at radius 2 is 1.04 bits per heavy atom. The Morgan fingerprint density at radius 3 is 1.60 bits per heavy atom. The van der Waals surface area contributed by atoms with Crippen LogP contribution in [0.3, 0.4) is 0 Å². The van der Waals surface area contributed by atoms with Gasteiger partial charge in [-0.15, -0.1) is 20.2 Å². The largest absolute Gasteiger partial charge is 0.463 e. The van der Waals surface area contributed by atoms with Crippen molar-refractivity contribution in [3.8, 4) is 5.75 Å². The van der Waals surface area contributed by atoms with Crippen molar-refractivity contribution in [2.24, 2.45) is 0 Å². The van der Waals surface area contributed by atoms with Crippen LogP contribution in [0.2, 0.25) is 0 Å². The second-order valence-corrected chi connectivity index (χ2v) is 10.0. The molecule has 0 saturated heterocycles. The summed E-state index contributed by atoms with van der Waals surface area (Å²) < 4.78 is 38.6. The number of unbranched alkanes of at least 4 members (excludes halogenated alkanes) is 1. The molecule has 0 aromatic heterocycles. The number of carbonyl (C=O) groups is 8. The van der Waals surface area contributed by atoms with Crippen LogP contribution >= 0.6 is 0 Å². The molecule has 1 aromatic carbocycles. The molecule has 4 unspecified atom stereocenters. The van der Waals surface area contributed by atoms with Crippen molar-refractivity contribution >= 4 is 47.8 Å².